The molecular formula is C14H23N3O. The lowest BCUT2D eigenvalue weighted by Gasteiger charge is -2.38. The number of hydrazine groups is 1. The lowest BCUT2D eigenvalue weighted by molar-refractivity contribution is 0.0322. The summed E-state index contributed by atoms with van der Waals surface area (Å²) in [5.41, 5.74) is 8.12. The van der Waals surface area contributed by atoms with Crippen molar-refractivity contribution in [2.24, 2.45) is 5.73 Å². The van der Waals surface area contributed by atoms with Gasteiger partial charge in [0.1, 0.15) is 0 Å². The predicted octanol–water partition coefficient (Wildman–Crippen LogP) is 1.26. The summed E-state index contributed by atoms with van der Waals surface area (Å²) in [7, 11) is 0. The Labute approximate surface area is 109 Å². The smallest absolute Gasteiger partial charge is 0.0612 e. The van der Waals surface area contributed by atoms with Crippen molar-refractivity contribution in [3.8, 4) is 0 Å². The monoisotopic (exact) mass is 249 g/mol. The first kappa shape index (κ1) is 13.3. The van der Waals surface area contributed by atoms with Gasteiger partial charge in [0.2, 0.25) is 0 Å². The molecule has 2 N–H and O–H groups in total. The number of nitrogens with zero attached hydrogens (tertiary/aromatic N) is 2. The van der Waals surface area contributed by atoms with Crippen molar-refractivity contribution in [3.63, 3.8) is 0 Å². The van der Waals surface area contributed by atoms with E-state index >= 15 is 0 Å². The fourth-order valence-corrected chi connectivity index (χ4v) is 2.34. The van der Waals surface area contributed by atoms with Crippen LogP contribution in [0.15, 0.2) is 24.3 Å². The maximum absolute atomic E-state index is 5.57. The van der Waals surface area contributed by atoms with E-state index in [1.807, 2.05) is 0 Å². The van der Waals surface area contributed by atoms with E-state index in [-0.39, 0.29) is 0 Å². The second-order valence-electron chi connectivity index (χ2n) is 4.49. The van der Waals surface area contributed by atoms with Gasteiger partial charge in [0.25, 0.3) is 0 Å². The minimum atomic E-state index is 0.709. The van der Waals surface area contributed by atoms with Gasteiger partial charge >= 0.3 is 0 Å². The average molecular weight is 249 g/mol. The van der Waals surface area contributed by atoms with Crippen molar-refractivity contribution in [1.82, 2.24) is 5.01 Å². The highest BCUT2D eigenvalue weighted by atomic mass is 16.5. The van der Waals surface area contributed by atoms with Gasteiger partial charge in [-0.25, -0.2) is 5.01 Å². The predicted molar refractivity (Wildman–Crippen MR) is 74.6 cm³/mol. The van der Waals surface area contributed by atoms with E-state index in [0.717, 1.165) is 39.3 Å². The first-order valence-corrected chi connectivity index (χ1v) is 6.74. The first-order chi connectivity index (χ1) is 8.85. The van der Waals surface area contributed by atoms with Gasteiger partial charge in [0.05, 0.1) is 18.9 Å². The van der Waals surface area contributed by atoms with E-state index in [9.17, 15) is 0 Å². The molecule has 1 fully saturated rings. The summed E-state index contributed by atoms with van der Waals surface area (Å²) in [5.74, 6) is 0. The number of anilines is 1. The second kappa shape index (κ2) is 6.73. The molecule has 2 rings (SSSR count). The van der Waals surface area contributed by atoms with Crippen LogP contribution < -0.4 is 10.7 Å². The Hall–Kier alpha value is -1.10. The molecule has 0 radical (unpaired) electrons. The number of hydrogen-bond donors (Lipinski definition) is 1. The van der Waals surface area contributed by atoms with Gasteiger partial charge in [0.15, 0.2) is 0 Å². The number of nitrogens with two attached hydrogens (primary N) is 1. The van der Waals surface area contributed by atoms with Crippen LogP contribution in [0.25, 0.3) is 0 Å². The lowest BCUT2D eigenvalue weighted by Crippen LogP contribution is -2.49. The number of ether oxygens (including phenoxy) is 1. The van der Waals surface area contributed by atoms with Crippen LogP contribution in [0.3, 0.4) is 0 Å². The molecule has 0 aliphatic carbocycles. The number of hydrogen-bond acceptors (Lipinski definition) is 4. The van der Waals surface area contributed by atoms with E-state index < -0.39 is 0 Å². The zero-order chi connectivity index (χ0) is 12.8. The Morgan fingerprint density at radius 2 is 1.89 bits per heavy atom. The van der Waals surface area contributed by atoms with Gasteiger partial charge in [-0.05, 0) is 37.6 Å². The molecule has 0 unspecified atom stereocenters. The highest BCUT2D eigenvalue weighted by Gasteiger charge is 2.17. The van der Waals surface area contributed by atoms with Gasteiger partial charge in [-0.15, -0.1) is 0 Å². The van der Waals surface area contributed by atoms with Gasteiger partial charge in [0, 0.05) is 19.6 Å². The highest BCUT2D eigenvalue weighted by Crippen LogP contribution is 2.18. The standard InChI is InChI=1S/C14H23N3O/c1-2-17(16-9-11-18-12-10-16)14-5-3-13(4-6-14)7-8-15/h3-6H,2,7-12,15H2,1H3. The zero-order valence-corrected chi connectivity index (χ0v) is 11.1. The maximum Gasteiger partial charge on any atom is 0.0612 e. The third kappa shape index (κ3) is 3.22. The minimum Gasteiger partial charge on any atom is -0.379 e. The summed E-state index contributed by atoms with van der Waals surface area (Å²) < 4.78 is 5.40. The third-order valence-corrected chi connectivity index (χ3v) is 3.30. The fraction of sp³-hybridized carbons (Fsp3) is 0.571. The fourth-order valence-electron chi connectivity index (χ4n) is 2.34. The van der Waals surface area contributed by atoms with E-state index in [0.29, 0.717) is 6.54 Å². The lowest BCUT2D eigenvalue weighted by atomic mass is 10.1. The molecule has 1 aliphatic heterocycles. The number of benzene rings is 1. The molecular weight excluding hydrogens is 226 g/mol. The summed E-state index contributed by atoms with van der Waals surface area (Å²) in [4.78, 5) is 0. The van der Waals surface area contributed by atoms with Gasteiger partial charge in [-0.1, -0.05) is 12.1 Å². The molecule has 4 heteroatoms. The quantitative estimate of drug-likeness (QED) is 0.853. The molecule has 0 saturated carbocycles. The Balaban J connectivity index is 2.06. The van der Waals surface area contributed by atoms with E-state index in [2.05, 4.69) is 41.2 Å². The van der Waals surface area contributed by atoms with Crippen LogP contribution in [0.5, 0.6) is 0 Å². The molecule has 0 spiro atoms. The largest absolute Gasteiger partial charge is 0.379 e. The average Bonchev–Trinajstić information content (AvgIpc) is 2.43. The Morgan fingerprint density at radius 3 is 2.44 bits per heavy atom. The molecule has 4 nitrogen and oxygen atoms in total. The maximum atomic E-state index is 5.57. The van der Waals surface area contributed by atoms with Crippen molar-refractivity contribution in [2.45, 2.75) is 13.3 Å². The normalized spacial score (nSPS) is 16.8. The van der Waals surface area contributed by atoms with Crippen LogP contribution in [0.1, 0.15) is 12.5 Å². The van der Waals surface area contributed by atoms with Crippen molar-refractivity contribution in [2.75, 3.05) is 44.4 Å². The highest BCUT2D eigenvalue weighted by molar-refractivity contribution is 5.46. The molecule has 1 aromatic carbocycles. The molecule has 100 valence electrons. The molecule has 1 aliphatic rings. The molecule has 18 heavy (non-hydrogen) atoms. The molecule has 1 saturated heterocycles. The molecule has 0 atom stereocenters. The van der Waals surface area contributed by atoms with Crippen molar-refractivity contribution in [1.29, 1.82) is 0 Å². The first-order valence-electron chi connectivity index (χ1n) is 6.74. The molecule has 1 aromatic rings. The summed E-state index contributed by atoms with van der Waals surface area (Å²) >= 11 is 0. The van der Waals surface area contributed by atoms with Crippen LogP contribution in [0.4, 0.5) is 5.69 Å². The third-order valence-electron chi connectivity index (χ3n) is 3.30. The van der Waals surface area contributed by atoms with E-state index in [1.165, 1.54) is 11.3 Å². The van der Waals surface area contributed by atoms with Gasteiger partial charge < -0.3 is 15.5 Å². The minimum absolute atomic E-state index is 0.709. The summed E-state index contributed by atoms with van der Waals surface area (Å²) in [6, 6.07) is 8.71. The van der Waals surface area contributed by atoms with E-state index in [1.54, 1.807) is 0 Å². The zero-order valence-electron chi connectivity index (χ0n) is 11.1. The topological polar surface area (TPSA) is 41.7 Å². The number of morpholine rings is 1. The molecule has 0 bridgehead atoms. The van der Waals surface area contributed by atoms with Crippen LogP contribution in [-0.4, -0.2) is 44.4 Å². The van der Waals surface area contributed by atoms with E-state index in [4.69, 9.17) is 10.5 Å². The van der Waals surface area contributed by atoms with Crippen LogP contribution in [0.2, 0.25) is 0 Å². The van der Waals surface area contributed by atoms with Gasteiger partial charge in [-0.2, -0.15) is 0 Å². The van der Waals surface area contributed by atoms with Crippen molar-refractivity contribution >= 4 is 5.69 Å². The second-order valence-corrected chi connectivity index (χ2v) is 4.49. The Morgan fingerprint density at radius 1 is 1.22 bits per heavy atom. The van der Waals surface area contributed by atoms with Crippen molar-refractivity contribution in [3.05, 3.63) is 29.8 Å². The summed E-state index contributed by atoms with van der Waals surface area (Å²) in [6.07, 6.45) is 0.948. The molecule has 0 amide bonds. The summed E-state index contributed by atoms with van der Waals surface area (Å²) in [6.45, 7) is 7.46. The van der Waals surface area contributed by atoms with Crippen molar-refractivity contribution < 1.29 is 4.74 Å². The number of rotatable bonds is 5. The van der Waals surface area contributed by atoms with Crippen LogP contribution >= 0.6 is 0 Å². The molecule has 1 heterocycles. The Kier molecular flexibility index (Phi) is 4.99. The Bertz CT molecular complexity index is 347. The van der Waals surface area contributed by atoms with Crippen LogP contribution in [-0.2, 0) is 11.2 Å². The van der Waals surface area contributed by atoms with Gasteiger partial charge in [-0.3, -0.25) is 0 Å². The SMILES string of the molecule is CCN(c1ccc(CCN)cc1)N1CCOCC1. The van der Waals surface area contributed by atoms with Crippen LogP contribution in [0, 0.1) is 0 Å². The molecule has 0 aromatic heterocycles. The summed E-state index contributed by atoms with van der Waals surface area (Å²) in [5, 5.41) is 4.69.